The Kier molecular flexibility index (Phi) is 3.63. The molecule has 2 aliphatic rings. The Balaban J connectivity index is 1.74. The fourth-order valence-corrected chi connectivity index (χ4v) is 2.63. The molecule has 1 heterocycles. The molecule has 0 bridgehead atoms. The average Bonchev–Trinajstić information content (AvgIpc) is 2.77. The number of nitrogens with one attached hydrogen (secondary N) is 1. The Morgan fingerprint density at radius 2 is 2.15 bits per heavy atom. The molecule has 1 aliphatic carbocycles. The predicted octanol–water partition coefficient (Wildman–Crippen LogP) is 3.14. The van der Waals surface area contributed by atoms with E-state index in [0.29, 0.717) is 0 Å². The lowest BCUT2D eigenvalue weighted by molar-refractivity contribution is 0.211. The van der Waals surface area contributed by atoms with E-state index in [1.165, 1.54) is 16.1 Å². The topological polar surface area (TPSA) is 44.7 Å². The third-order valence-electron chi connectivity index (χ3n) is 3.60. The van der Waals surface area contributed by atoms with Gasteiger partial charge in [0.25, 0.3) is 0 Å². The lowest BCUT2D eigenvalue weighted by Crippen LogP contribution is -2.37. The second-order valence-corrected chi connectivity index (χ2v) is 4.93. The van der Waals surface area contributed by atoms with Crippen LogP contribution in [0.3, 0.4) is 0 Å². The van der Waals surface area contributed by atoms with E-state index in [9.17, 15) is 4.79 Å². The van der Waals surface area contributed by atoms with Crippen molar-refractivity contribution < 1.29 is 4.79 Å². The molecule has 102 valence electrons. The van der Waals surface area contributed by atoms with E-state index in [4.69, 9.17) is 0 Å². The minimum Gasteiger partial charge on any atom is -0.329 e. The van der Waals surface area contributed by atoms with Crippen LogP contribution in [-0.4, -0.2) is 17.3 Å². The van der Waals surface area contributed by atoms with E-state index in [-0.39, 0.29) is 12.1 Å². The van der Waals surface area contributed by atoms with Crippen LogP contribution in [0.5, 0.6) is 0 Å². The third kappa shape index (κ3) is 2.64. The van der Waals surface area contributed by atoms with Gasteiger partial charge in [0.2, 0.25) is 0 Å². The molecule has 0 saturated carbocycles. The van der Waals surface area contributed by atoms with Crippen LogP contribution in [0.25, 0.3) is 0 Å². The van der Waals surface area contributed by atoms with E-state index in [0.717, 1.165) is 19.3 Å². The Morgan fingerprint density at radius 3 is 3.10 bits per heavy atom. The third-order valence-corrected chi connectivity index (χ3v) is 3.60. The van der Waals surface area contributed by atoms with Crippen molar-refractivity contribution in [2.45, 2.75) is 25.3 Å². The van der Waals surface area contributed by atoms with Gasteiger partial charge in [-0.25, -0.2) is 4.79 Å². The van der Waals surface area contributed by atoms with Gasteiger partial charge < -0.3 is 5.32 Å². The number of hydrazone groups is 1. The smallest absolute Gasteiger partial charge is 0.329 e. The molecular formula is C16H17N3O. The Hall–Kier alpha value is -2.36. The van der Waals surface area contributed by atoms with Crippen molar-refractivity contribution in [1.29, 1.82) is 0 Å². The quantitative estimate of drug-likeness (QED) is 0.834. The van der Waals surface area contributed by atoms with Gasteiger partial charge in [0.1, 0.15) is 0 Å². The number of hydrogen-bond acceptors (Lipinski definition) is 2. The van der Waals surface area contributed by atoms with Gasteiger partial charge in [-0.2, -0.15) is 10.1 Å². The van der Waals surface area contributed by atoms with Gasteiger partial charge in [-0.3, -0.25) is 0 Å². The highest BCUT2D eigenvalue weighted by Gasteiger charge is 2.22. The zero-order valence-corrected chi connectivity index (χ0v) is 11.2. The number of fused-ring (bicyclic) bond motifs is 1. The molecule has 0 radical (unpaired) electrons. The minimum atomic E-state index is -0.192. The Bertz CT molecular complexity index is 573. The summed E-state index contributed by atoms with van der Waals surface area (Å²) in [5, 5.41) is 8.46. The first-order valence-electron chi connectivity index (χ1n) is 6.89. The maximum atomic E-state index is 12.3. The van der Waals surface area contributed by atoms with Crippen LogP contribution < -0.4 is 5.32 Å². The molecule has 0 fully saturated rings. The molecule has 1 aromatic carbocycles. The molecule has 0 spiro atoms. The van der Waals surface area contributed by atoms with Crippen LogP contribution in [0.4, 0.5) is 4.79 Å². The second kappa shape index (κ2) is 5.74. The van der Waals surface area contributed by atoms with Gasteiger partial charge in [0.15, 0.2) is 0 Å². The number of amides is 2. The van der Waals surface area contributed by atoms with E-state index in [1.54, 1.807) is 24.6 Å². The van der Waals surface area contributed by atoms with Gasteiger partial charge >= 0.3 is 6.03 Å². The van der Waals surface area contributed by atoms with Gasteiger partial charge in [0.05, 0.1) is 6.04 Å². The molecule has 4 heteroatoms. The summed E-state index contributed by atoms with van der Waals surface area (Å²) in [4.78, 5) is 12.3. The van der Waals surface area contributed by atoms with E-state index >= 15 is 0 Å². The van der Waals surface area contributed by atoms with Crippen molar-refractivity contribution in [3.05, 3.63) is 59.8 Å². The normalized spacial score (nSPS) is 20.4. The number of rotatable bonds is 1. The summed E-state index contributed by atoms with van der Waals surface area (Å²) in [7, 11) is 0. The van der Waals surface area contributed by atoms with Crippen molar-refractivity contribution >= 4 is 12.2 Å². The number of allylic oxidation sites excluding steroid dienone is 3. The van der Waals surface area contributed by atoms with Gasteiger partial charge in [-0.15, -0.1) is 0 Å². The van der Waals surface area contributed by atoms with Crippen LogP contribution in [0.2, 0.25) is 0 Å². The highest BCUT2D eigenvalue weighted by Crippen LogP contribution is 2.29. The number of nitrogens with zero attached hydrogens (tertiary/aromatic N) is 2. The fraction of sp³-hybridized carbons (Fsp3) is 0.250. The fourth-order valence-electron chi connectivity index (χ4n) is 2.63. The molecule has 0 aromatic heterocycles. The summed E-state index contributed by atoms with van der Waals surface area (Å²) < 4.78 is 0. The number of benzene rings is 1. The number of aryl methyl sites for hydroxylation is 1. The lowest BCUT2D eigenvalue weighted by Gasteiger charge is -2.27. The molecule has 1 aliphatic heterocycles. The summed E-state index contributed by atoms with van der Waals surface area (Å²) in [5.74, 6) is 0. The predicted molar refractivity (Wildman–Crippen MR) is 79.3 cm³/mol. The number of hydrogen-bond donors (Lipinski definition) is 1. The highest BCUT2D eigenvalue weighted by atomic mass is 16.2. The summed E-state index contributed by atoms with van der Waals surface area (Å²) >= 11 is 0. The molecule has 1 aromatic rings. The number of carbonyl (C=O) groups excluding carboxylic acids is 1. The molecule has 20 heavy (non-hydrogen) atoms. The first kappa shape index (κ1) is 12.7. The monoisotopic (exact) mass is 267 g/mol. The van der Waals surface area contributed by atoms with Gasteiger partial charge in [0, 0.05) is 12.4 Å². The summed E-state index contributed by atoms with van der Waals surface area (Å²) in [6.07, 6.45) is 11.9. The van der Waals surface area contributed by atoms with Gasteiger partial charge in [-0.1, -0.05) is 30.3 Å². The van der Waals surface area contributed by atoms with E-state index in [2.05, 4.69) is 28.6 Å². The maximum Gasteiger partial charge on any atom is 0.342 e. The Labute approximate surface area is 118 Å². The molecule has 0 saturated heterocycles. The van der Waals surface area contributed by atoms with E-state index < -0.39 is 0 Å². The van der Waals surface area contributed by atoms with Crippen LogP contribution >= 0.6 is 0 Å². The van der Waals surface area contributed by atoms with Crippen LogP contribution in [0.1, 0.15) is 30.0 Å². The number of carbonyl (C=O) groups is 1. The summed E-state index contributed by atoms with van der Waals surface area (Å²) in [6.45, 7) is 0. The van der Waals surface area contributed by atoms with Crippen molar-refractivity contribution in [2.24, 2.45) is 5.10 Å². The SMILES string of the molecule is O=C(NC1CCCc2ccccc21)N1C=CC=CC=N1. The lowest BCUT2D eigenvalue weighted by atomic mass is 9.88. The van der Waals surface area contributed by atoms with Crippen molar-refractivity contribution in [3.8, 4) is 0 Å². The first-order valence-corrected chi connectivity index (χ1v) is 6.89. The highest BCUT2D eigenvalue weighted by molar-refractivity contribution is 5.79. The molecule has 2 amide bonds. The summed E-state index contributed by atoms with van der Waals surface area (Å²) in [5.41, 5.74) is 2.56. The van der Waals surface area contributed by atoms with Crippen molar-refractivity contribution in [1.82, 2.24) is 10.3 Å². The van der Waals surface area contributed by atoms with Gasteiger partial charge in [-0.05, 0) is 42.5 Å². The molecule has 4 nitrogen and oxygen atoms in total. The molecular weight excluding hydrogens is 250 g/mol. The molecule has 1 atom stereocenters. The number of urea groups is 1. The van der Waals surface area contributed by atoms with Crippen LogP contribution in [0, 0.1) is 0 Å². The molecule has 1 N–H and O–H groups in total. The molecule has 1 unspecified atom stereocenters. The zero-order chi connectivity index (χ0) is 13.8. The minimum absolute atomic E-state index is 0.0762. The average molecular weight is 267 g/mol. The maximum absolute atomic E-state index is 12.3. The molecule has 3 rings (SSSR count). The first-order chi connectivity index (χ1) is 9.84. The van der Waals surface area contributed by atoms with Crippen LogP contribution in [-0.2, 0) is 6.42 Å². The van der Waals surface area contributed by atoms with E-state index in [1.807, 2.05) is 12.1 Å². The Morgan fingerprint density at radius 1 is 1.25 bits per heavy atom. The van der Waals surface area contributed by atoms with Crippen LogP contribution in [0.15, 0.2) is 53.8 Å². The van der Waals surface area contributed by atoms with Crippen molar-refractivity contribution in [3.63, 3.8) is 0 Å². The summed E-state index contributed by atoms with van der Waals surface area (Å²) in [6, 6.07) is 8.20. The largest absolute Gasteiger partial charge is 0.342 e. The standard InChI is InChI=1S/C16H17N3O/c20-16(19-12-5-1-4-11-17-19)18-15-10-6-8-13-7-2-3-9-14(13)15/h1-5,7,9,11-12,15H,6,8,10H2,(H,18,20). The van der Waals surface area contributed by atoms with Crippen molar-refractivity contribution in [2.75, 3.05) is 0 Å². The zero-order valence-electron chi connectivity index (χ0n) is 11.2. The second-order valence-electron chi connectivity index (χ2n) is 4.93.